The highest BCUT2D eigenvalue weighted by atomic mass is 19.2. The smallest absolute Gasteiger partial charge is 0.201 e. The van der Waals surface area contributed by atoms with Gasteiger partial charge in [0.1, 0.15) is 5.82 Å². The van der Waals surface area contributed by atoms with Crippen LogP contribution in [0.4, 0.5) is 13.2 Å². The highest BCUT2D eigenvalue weighted by Gasteiger charge is 2.35. The van der Waals surface area contributed by atoms with Crippen molar-refractivity contribution in [3.8, 4) is 17.6 Å². The number of methoxy groups -OCH3 is 1. The Bertz CT molecular complexity index is 1060. The van der Waals surface area contributed by atoms with Gasteiger partial charge in [-0.15, -0.1) is 0 Å². The predicted octanol–water partition coefficient (Wildman–Crippen LogP) is 7.39. The largest absolute Gasteiger partial charge is 0.494 e. The number of rotatable bonds is 3. The summed E-state index contributed by atoms with van der Waals surface area (Å²) in [6, 6.07) is 7.81. The number of allylic oxidation sites excluding steroid dienone is 2. The fourth-order valence-electron chi connectivity index (χ4n) is 5.48. The SMILES string of the molecule is C/C=C/C1CCC2CC(c3ccc(C#Cc4ccc(OC)c(F)c4F)c(F)c3)CCC2C1. The van der Waals surface area contributed by atoms with Crippen molar-refractivity contribution in [3.63, 3.8) is 0 Å². The third kappa shape index (κ3) is 4.72. The molecule has 4 heteroatoms. The van der Waals surface area contributed by atoms with Crippen LogP contribution in [0.3, 0.4) is 0 Å². The van der Waals surface area contributed by atoms with E-state index in [1.54, 1.807) is 12.1 Å². The van der Waals surface area contributed by atoms with Gasteiger partial charge >= 0.3 is 0 Å². The number of benzene rings is 2. The van der Waals surface area contributed by atoms with E-state index in [0.29, 0.717) is 5.92 Å². The van der Waals surface area contributed by atoms with E-state index in [9.17, 15) is 13.2 Å². The molecular formula is C28H29F3O. The first-order valence-corrected chi connectivity index (χ1v) is 11.5. The molecule has 0 aliphatic heterocycles. The average molecular weight is 439 g/mol. The number of fused-ring (bicyclic) bond motifs is 1. The molecule has 2 aliphatic carbocycles. The Morgan fingerprint density at radius 1 is 0.875 bits per heavy atom. The summed E-state index contributed by atoms with van der Waals surface area (Å²) >= 11 is 0. The predicted molar refractivity (Wildman–Crippen MR) is 121 cm³/mol. The molecule has 0 saturated heterocycles. The molecule has 2 saturated carbocycles. The van der Waals surface area contributed by atoms with Crippen molar-refractivity contribution in [1.29, 1.82) is 0 Å². The van der Waals surface area contributed by atoms with Crippen LogP contribution in [0.15, 0.2) is 42.5 Å². The van der Waals surface area contributed by atoms with E-state index >= 15 is 0 Å². The molecule has 168 valence electrons. The highest BCUT2D eigenvalue weighted by Crippen LogP contribution is 2.47. The van der Waals surface area contributed by atoms with Crippen LogP contribution in [0, 0.1) is 47.0 Å². The van der Waals surface area contributed by atoms with Crippen LogP contribution in [0.25, 0.3) is 0 Å². The second-order valence-electron chi connectivity index (χ2n) is 9.06. The lowest BCUT2D eigenvalue weighted by molar-refractivity contribution is 0.133. The topological polar surface area (TPSA) is 9.23 Å². The fraction of sp³-hybridized carbons (Fsp3) is 0.429. The molecule has 0 spiro atoms. The lowest BCUT2D eigenvalue weighted by Crippen LogP contribution is -2.30. The Hall–Kier alpha value is -2.67. The van der Waals surface area contributed by atoms with Crippen molar-refractivity contribution in [1.82, 2.24) is 0 Å². The van der Waals surface area contributed by atoms with Crippen molar-refractivity contribution in [2.24, 2.45) is 17.8 Å². The minimum absolute atomic E-state index is 0.126. The summed E-state index contributed by atoms with van der Waals surface area (Å²) in [7, 11) is 1.27. The van der Waals surface area contributed by atoms with E-state index in [2.05, 4.69) is 30.9 Å². The molecule has 2 aromatic rings. The van der Waals surface area contributed by atoms with Crippen LogP contribution in [-0.4, -0.2) is 7.11 Å². The molecule has 0 N–H and O–H groups in total. The molecule has 1 nitrogen and oxygen atoms in total. The first kappa shape index (κ1) is 22.5. The van der Waals surface area contributed by atoms with Gasteiger partial charge < -0.3 is 4.74 Å². The van der Waals surface area contributed by atoms with Gasteiger partial charge in [0, 0.05) is 0 Å². The highest BCUT2D eigenvalue weighted by molar-refractivity contribution is 5.47. The average Bonchev–Trinajstić information content (AvgIpc) is 2.80. The molecule has 0 amide bonds. The van der Waals surface area contributed by atoms with Crippen molar-refractivity contribution < 1.29 is 17.9 Å². The summed E-state index contributed by atoms with van der Waals surface area (Å²) in [4.78, 5) is 0. The number of ether oxygens (including phenoxy) is 1. The summed E-state index contributed by atoms with van der Waals surface area (Å²) in [6.45, 7) is 2.09. The molecule has 0 bridgehead atoms. The molecule has 4 atom stereocenters. The van der Waals surface area contributed by atoms with Crippen LogP contribution in [0.2, 0.25) is 0 Å². The summed E-state index contributed by atoms with van der Waals surface area (Å²) in [5.41, 5.74) is 1.08. The van der Waals surface area contributed by atoms with Crippen LogP contribution >= 0.6 is 0 Å². The van der Waals surface area contributed by atoms with E-state index in [4.69, 9.17) is 4.74 Å². The standard InChI is InChI=1S/C28H29F3O/c1-3-4-18-5-6-22-16-23(12-11-21(22)15-18)24-10-8-19(25(29)17-24)7-9-20-13-14-26(32-2)28(31)27(20)30/h3-4,8,10,13-14,17-18,21-23H,5-6,11-12,15-16H2,1-2H3/b4-3+. The van der Waals surface area contributed by atoms with E-state index < -0.39 is 17.5 Å². The monoisotopic (exact) mass is 438 g/mol. The van der Waals surface area contributed by atoms with Crippen molar-refractivity contribution in [3.05, 3.63) is 76.6 Å². The fourth-order valence-corrected chi connectivity index (χ4v) is 5.48. The minimum Gasteiger partial charge on any atom is -0.494 e. The lowest BCUT2D eigenvalue weighted by Gasteiger charge is -2.41. The maximum Gasteiger partial charge on any atom is 0.201 e. The van der Waals surface area contributed by atoms with E-state index in [0.717, 1.165) is 36.2 Å². The Labute approximate surface area is 188 Å². The zero-order valence-electron chi connectivity index (χ0n) is 18.6. The first-order valence-electron chi connectivity index (χ1n) is 11.5. The molecule has 2 aliphatic rings. The quantitative estimate of drug-likeness (QED) is 0.359. The summed E-state index contributed by atoms with van der Waals surface area (Å²) in [5, 5.41) is 0. The van der Waals surface area contributed by atoms with Gasteiger partial charge in [-0.3, -0.25) is 0 Å². The van der Waals surface area contributed by atoms with Gasteiger partial charge in [0.25, 0.3) is 0 Å². The number of hydrogen-bond donors (Lipinski definition) is 0. The Morgan fingerprint density at radius 2 is 1.59 bits per heavy atom. The van der Waals surface area contributed by atoms with Crippen LogP contribution in [0.5, 0.6) is 5.75 Å². The second-order valence-corrected chi connectivity index (χ2v) is 9.06. The second kappa shape index (κ2) is 9.86. The molecule has 32 heavy (non-hydrogen) atoms. The molecule has 0 heterocycles. The van der Waals surface area contributed by atoms with Gasteiger partial charge in [-0.1, -0.05) is 30.1 Å². The van der Waals surface area contributed by atoms with Crippen molar-refractivity contribution >= 4 is 0 Å². The zero-order chi connectivity index (χ0) is 22.7. The summed E-state index contributed by atoms with van der Waals surface area (Å²) < 4.78 is 47.5. The van der Waals surface area contributed by atoms with E-state index in [1.807, 2.05) is 6.07 Å². The van der Waals surface area contributed by atoms with Gasteiger partial charge in [-0.2, -0.15) is 4.39 Å². The molecule has 2 aromatic carbocycles. The molecule has 4 unspecified atom stereocenters. The van der Waals surface area contributed by atoms with Crippen LogP contribution < -0.4 is 4.74 Å². The zero-order valence-corrected chi connectivity index (χ0v) is 18.6. The molecule has 4 rings (SSSR count). The first-order chi connectivity index (χ1) is 15.5. The molecular weight excluding hydrogens is 409 g/mol. The van der Waals surface area contributed by atoms with Gasteiger partial charge in [-0.25, -0.2) is 8.78 Å². The van der Waals surface area contributed by atoms with E-state index in [-0.39, 0.29) is 16.9 Å². The summed E-state index contributed by atoms with van der Waals surface area (Å²) in [6.07, 6.45) is 11.7. The summed E-state index contributed by atoms with van der Waals surface area (Å²) in [5.74, 6) is 5.02. The molecule has 0 aromatic heterocycles. The maximum absolute atomic E-state index is 14.8. The molecule has 2 fully saturated rings. The van der Waals surface area contributed by atoms with Crippen LogP contribution in [-0.2, 0) is 0 Å². The van der Waals surface area contributed by atoms with Gasteiger partial charge in [0.15, 0.2) is 11.6 Å². The number of halogens is 3. The third-order valence-electron chi connectivity index (χ3n) is 7.18. The maximum atomic E-state index is 14.8. The third-order valence-corrected chi connectivity index (χ3v) is 7.18. The normalized spacial score (nSPS) is 25.2. The Kier molecular flexibility index (Phi) is 6.94. The molecule has 0 radical (unpaired) electrons. The van der Waals surface area contributed by atoms with E-state index in [1.165, 1.54) is 44.9 Å². The van der Waals surface area contributed by atoms with Crippen LogP contribution in [0.1, 0.15) is 68.1 Å². The van der Waals surface area contributed by atoms with Gasteiger partial charge in [0.05, 0.1) is 18.2 Å². The lowest BCUT2D eigenvalue weighted by atomic mass is 9.64. The number of hydrogen-bond acceptors (Lipinski definition) is 1. The Morgan fingerprint density at radius 3 is 2.34 bits per heavy atom. The van der Waals surface area contributed by atoms with Crippen molar-refractivity contribution in [2.45, 2.75) is 51.4 Å². The minimum atomic E-state index is -1.09. The van der Waals surface area contributed by atoms with Gasteiger partial charge in [0.2, 0.25) is 5.82 Å². The van der Waals surface area contributed by atoms with Crippen molar-refractivity contribution in [2.75, 3.05) is 7.11 Å². The Balaban J connectivity index is 1.46. The van der Waals surface area contributed by atoms with Gasteiger partial charge in [-0.05, 0) is 98.9 Å².